The predicted octanol–water partition coefficient (Wildman–Crippen LogP) is 4.78. The molecule has 4 aliphatic rings. The molecule has 3 heteroatoms. The van der Waals surface area contributed by atoms with Crippen LogP contribution in [-0.2, 0) is 0 Å². The first-order chi connectivity index (χ1) is 9.35. The van der Waals surface area contributed by atoms with Crippen LogP contribution in [0.5, 0.6) is 0 Å². The van der Waals surface area contributed by atoms with Crippen molar-refractivity contribution in [1.29, 1.82) is 0 Å². The van der Waals surface area contributed by atoms with Crippen LogP contribution < -0.4 is 0 Å². The van der Waals surface area contributed by atoms with E-state index in [0.717, 1.165) is 17.5 Å². The van der Waals surface area contributed by atoms with Gasteiger partial charge in [-0.05, 0) is 18.3 Å². The average molecular weight is 255 g/mol. The molecule has 0 nitrogen and oxygen atoms in total. The molecule has 0 spiro atoms. The van der Waals surface area contributed by atoms with Crippen LogP contribution in [0.15, 0.2) is 0 Å². The van der Waals surface area contributed by atoms with Crippen LogP contribution in [0, 0.1) is 11.8 Å². The summed E-state index contributed by atoms with van der Waals surface area (Å²) < 4.78 is 0. The average Bonchev–Trinajstić information content (AvgIpc) is 3.25. The molecule has 0 N–H and O–H groups in total. The molecule has 4 rings (SSSR count). The Morgan fingerprint density at radius 2 is 1.63 bits per heavy atom. The Bertz CT molecular complexity index is 284. The maximum atomic E-state index is 2.69. The van der Waals surface area contributed by atoms with E-state index < -0.39 is 0 Å². The third kappa shape index (κ3) is 3.27. The van der Waals surface area contributed by atoms with Crippen molar-refractivity contribution >= 4 is 20.5 Å². The normalized spacial score (nSPS) is 37.8. The molecule has 4 heterocycles. The van der Waals surface area contributed by atoms with Gasteiger partial charge in [-0.1, -0.05) is 77.3 Å². The van der Waals surface area contributed by atoms with E-state index in [2.05, 4.69) is 21.1 Å². The van der Waals surface area contributed by atoms with Crippen LogP contribution in [0.25, 0.3) is 0 Å². The number of hydrogen-bond donors (Lipinski definition) is 0. The zero-order chi connectivity index (χ0) is 13.2. The summed E-state index contributed by atoms with van der Waals surface area (Å²) in [5, 5.41) is 0. The topological polar surface area (TPSA) is 0 Å². The zero-order valence-corrected chi connectivity index (χ0v) is 13.1. The second-order valence-corrected chi connectivity index (χ2v) is 7.68. The Labute approximate surface area is 122 Å². The van der Waals surface area contributed by atoms with E-state index in [1.54, 1.807) is 19.3 Å². The summed E-state index contributed by atoms with van der Waals surface area (Å²) in [5.41, 5.74) is 2.25. The molecule has 103 valence electrons. The van der Waals surface area contributed by atoms with Gasteiger partial charge in [-0.15, -0.1) is 5.62 Å². The maximum absolute atomic E-state index is 2.69. The summed E-state index contributed by atoms with van der Waals surface area (Å²) >= 11 is 0. The lowest BCUT2D eigenvalue weighted by Gasteiger charge is -2.25. The molecule has 0 aromatic carbocycles. The Morgan fingerprint density at radius 3 is 2.32 bits per heavy atom. The second-order valence-electron chi connectivity index (χ2n) is 7.68. The minimum absolute atomic E-state index is 1.04. The quantitative estimate of drug-likeness (QED) is 0.634. The van der Waals surface area contributed by atoms with Crippen molar-refractivity contribution in [2.45, 2.75) is 89.3 Å². The van der Waals surface area contributed by atoms with Crippen LogP contribution in [0.3, 0.4) is 0 Å². The molecule has 4 fully saturated rings. The molecule has 0 aromatic rings. The van der Waals surface area contributed by atoms with Crippen molar-refractivity contribution in [3.63, 3.8) is 0 Å². The van der Waals surface area contributed by atoms with Gasteiger partial charge in [0.2, 0.25) is 0 Å². The fourth-order valence-electron chi connectivity index (χ4n) is 5.13. The summed E-state index contributed by atoms with van der Waals surface area (Å²) in [7, 11) is 2.69. The van der Waals surface area contributed by atoms with Gasteiger partial charge in [0.05, 0.1) is 20.5 Å². The van der Waals surface area contributed by atoms with Crippen molar-refractivity contribution in [2.24, 2.45) is 11.8 Å². The van der Waals surface area contributed by atoms with E-state index in [4.69, 9.17) is 0 Å². The lowest BCUT2D eigenvalue weighted by molar-refractivity contribution is 0.299. The van der Waals surface area contributed by atoms with Gasteiger partial charge >= 0.3 is 0 Å². The molecular formula is C16H30B3. The van der Waals surface area contributed by atoms with E-state index in [0.29, 0.717) is 0 Å². The monoisotopic (exact) mass is 255 g/mol. The molecule has 2 atom stereocenters. The molecule has 0 saturated carbocycles. The molecule has 4 aliphatic heterocycles. The van der Waals surface area contributed by atoms with Crippen molar-refractivity contribution in [2.75, 3.05) is 0 Å². The van der Waals surface area contributed by atoms with Crippen LogP contribution in [-0.4, -0.2) is 20.5 Å². The lowest BCUT2D eigenvalue weighted by atomic mass is 9.45. The minimum Gasteiger partial charge on any atom is -0.122 e. The zero-order valence-electron chi connectivity index (χ0n) is 13.1. The molecular weight excluding hydrogens is 225 g/mol. The van der Waals surface area contributed by atoms with Gasteiger partial charge in [-0.2, -0.15) is 0 Å². The molecule has 0 aliphatic carbocycles. The molecule has 0 amide bonds. The third-order valence-electron chi connectivity index (χ3n) is 6.26. The lowest BCUT2D eigenvalue weighted by Crippen LogP contribution is -2.14. The van der Waals surface area contributed by atoms with Crippen LogP contribution in [0.1, 0.15) is 71.6 Å². The van der Waals surface area contributed by atoms with E-state index >= 15 is 0 Å². The van der Waals surface area contributed by atoms with Gasteiger partial charge in [0.25, 0.3) is 0 Å². The maximum Gasteiger partial charge on any atom is 0.0953 e. The summed E-state index contributed by atoms with van der Waals surface area (Å²) in [6, 6.07) is 0. The first-order valence-electron chi connectivity index (χ1n) is 9.18. The number of fused-ring (bicyclic) bond motifs is 8. The standard InChI is InChI=1S/C16H30B3/c1-3-6-13-8-5-11-17-16-18-15(19(16)18)10-9-14(12-13)7-4-2/h13-16H,3-12H2,1-2H3. The predicted molar refractivity (Wildman–Crippen MR) is 89.5 cm³/mol. The smallest absolute Gasteiger partial charge is 0.0953 e. The molecule has 19 heavy (non-hydrogen) atoms. The Hall–Kier alpha value is 0.195. The first-order valence-corrected chi connectivity index (χ1v) is 9.18. The van der Waals surface area contributed by atoms with Crippen LogP contribution in [0.4, 0.5) is 0 Å². The summed E-state index contributed by atoms with van der Waals surface area (Å²) in [6.07, 6.45) is 14.9. The highest BCUT2D eigenvalue weighted by atomic mass is 14.3. The molecule has 4 saturated heterocycles. The van der Waals surface area contributed by atoms with Gasteiger partial charge in [0.1, 0.15) is 0 Å². The number of hydrogen-bond acceptors (Lipinski definition) is 0. The van der Waals surface area contributed by atoms with Gasteiger partial charge in [0.15, 0.2) is 0 Å². The van der Waals surface area contributed by atoms with Crippen molar-refractivity contribution in [1.82, 2.24) is 0 Å². The Balaban J connectivity index is 1.53. The van der Waals surface area contributed by atoms with E-state index in [1.807, 2.05) is 0 Å². The largest absolute Gasteiger partial charge is 0.122 e. The molecule has 2 unspecified atom stereocenters. The first kappa shape index (κ1) is 14.1. The molecule has 2 bridgehead atoms. The van der Waals surface area contributed by atoms with Crippen molar-refractivity contribution in [3.8, 4) is 0 Å². The minimum atomic E-state index is 1.04. The highest BCUT2D eigenvalue weighted by molar-refractivity contribution is 7.64. The van der Waals surface area contributed by atoms with E-state index in [9.17, 15) is 0 Å². The Kier molecular flexibility index (Phi) is 4.70. The van der Waals surface area contributed by atoms with Crippen molar-refractivity contribution in [3.05, 3.63) is 0 Å². The summed E-state index contributed by atoms with van der Waals surface area (Å²) in [6.45, 7) is 7.10. The highest BCUT2D eigenvalue weighted by Gasteiger charge is 2.75. The third-order valence-corrected chi connectivity index (χ3v) is 6.26. The van der Waals surface area contributed by atoms with Gasteiger partial charge < -0.3 is 0 Å². The van der Waals surface area contributed by atoms with E-state index in [-0.39, 0.29) is 0 Å². The summed E-state index contributed by atoms with van der Waals surface area (Å²) in [4.78, 5) is 0. The molecule has 1 radical (unpaired) electrons. The van der Waals surface area contributed by atoms with Crippen LogP contribution >= 0.6 is 0 Å². The molecule has 0 aromatic heterocycles. The van der Waals surface area contributed by atoms with Gasteiger partial charge in [0, 0.05) is 0 Å². The van der Waals surface area contributed by atoms with Gasteiger partial charge in [-0.25, -0.2) is 0 Å². The second kappa shape index (κ2) is 6.31. The fourth-order valence-corrected chi connectivity index (χ4v) is 5.13. The van der Waals surface area contributed by atoms with E-state index in [1.165, 1.54) is 63.8 Å². The van der Waals surface area contributed by atoms with Gasteiger partial charge in [-0.3, -0.25) is 0 Å². The Morgan fingerprint density at radius 1 is 0.947 bits per heavy atom. The fraction of sp³-hybridized carbons (Fsp3) is 1.00. The highest BCUT2D eigenvalue weighted by Crippen LogP contribution is 2.65. The SMILES string of the molecule is CCCC1CCC[B]C2B3B2C3CCC(CCC)C1. The summed E-state index contributed by atoms with van der Waals surface area (Å²) in [5.74, 6) is 2.10. The van der Waals surface area contributed by atoms with Crippen LogP contribution in [0.2, 0.25) is 17.7 Å². The van der Waals surface area contributed by atoms with Crippen molar-refractivity contribution < 1.29 is 0 Å². The number of rotatable bonds is 4.